The highest BCUT2D eigenvalue weighted by Gasteiger charge is 2.41. The van der Waals surface area contributed by atoms with Gasteiger partial charge in [-0.3, -0.25) is 14.4 Å². The summed E-state index contributed by atoms with van der Waals surface area (Å²) in [6, 6.07) is 8.43. The number of rotatable bonds is 8. The van der Waals surface area contributed by atoms with Gasteiger partial charge in [-0.25, -0.2) is 4.79 Å². The van der Waals surface area contributed by atoms with Crippen LogP contribution in [0.5, 0.6) is 0 Å². The molecular weight excluding hydrogens is 430 g/mol. The van der Waals surface area contributed by atoms with Crippen LogP contribution in [0.25, 0.3) is 0 Å². The maximum Gasteiger partial charge on any atom is 0.330 e. The zero-order chi connectivity index (χ0) is 23.1. The van der Waals surface area contributed by atoms with E-state index in [4.69, 9.17) is 4.74 Å². The minimum absolute atomic E-state index is 0.0558. The molecule has 32 heavy (non-hydrogen) atoms. The van der Waals surface area contributed by atoms with Crippen molar-refractivity contribution >= 4 is 35.5 Å². The van der Waals surface area contributed by atoms with Gasteiger partial charge in [0.1, 0.15) is 11.4 Å². The van der Waals surface area contributed by atoms with Crippen molar-refractivity contribution in [2.45, 2.75) is 44.1 Å². The molecule has 8 nitrogen and oxygen atoms in total. The Morgan fingerprint density at radius 3 is 2.69 bits per heavy atom. The van der Waals surface area contributed by atoms with E-state index in [1.165, 1.54) is 13.0 Å². The molecule has 2 aliphatic heterocycles. The number of ether oxygens (including phenoxy) is 1. The third-order valence-corrected chi connectivity index (χ3v) is 6.85. The lowest BCUT2D eigenvalue weighted by molar-refractivity contribution is -0.138. The number of nitrogens with one attached hydrogen (secondary N) is 2. The molecule has 2 N–H and O–H groups in total. The largest absolute Gasteiger partial charge is 0.463 e. The van der Waals surface area contributed by atoms with Gasteiger partial charge >= 0.3 is 5.97 Å². The Kier molecular flexibility index (Phi) is 8.33. The summed E-state index contributed by atoms with van der Waals surface area (Å²) in [6.07, 6.45) is 3.89. The van der Waals surface area contributed by atoms with E-state index in [1.807, 2.05) is 30.3 Å². The fraction of sp³-hybridized carbons (Fsp3) is 0.478. The van der Waals surface area contributed by atoms with Crippen LogP contribution >= 0.6 is 11.8 Å². The topological polar surface area (TPSA) is 105 Å². The van der Waals surface area contributed by atoms with E-state index >= 15 is 0 Å². The number of benzene rings is 1. The summed E-state index contributed by atoms with van der Waals surface area (Å²) < 4.78 is 4.93. The normalized spacial score (nSPS) is 23.8. The molecule has 1 aromatic rings. The molecule has 1 aromatic carbocycles. The number of hydrogen-bond acceptors (Lipinski definition) is 6. The fourth-order valence-corrected chi connectivity index (χ4v) is 5.48. The van der Waals surface area contributed by atoms with Crippen LogP contribution in [0.3, 0.4) is 0 Å². The van der Waals surface area contributed by atoms with Crippen molar-refractivity contribution in [3.05, 3.63) is 48.0 Å². The van der Waals surface area contributed by atoms with E-state index in [-0.39, 0.29) is 35.6 Å². The van der Waals surface area contributed by atoms with Crippen molar-refractivity contribution in [1.82, 2.24) is 15.5 Å². The monoisotopic (exact) mass is 459 g/mol. The predicted octanol–water partition coefficient (Wildman–Crippen LogP) is 1.78. The molecular formula is C23H29N3O5S. The molecule has 2 aliphatic rings. The smallest absolute Gasteiger partial charge is 0.330 e. The molecule has 9 heteroatoms. The Morgan fingerprint density at radius 1 is 1.31 bits per heavy atom. The van der Waals surface area contributed by atoms with Gasteiger partial charge in [-0.15, -0.1) is 11.8 Å². The molecule has 0 aromatic heterocycles. The van der Waals surface area contributed by atoms with Crippen LogP contribution in [-0.4, -0.2) is 59.6 Å². The van der Waals surface area contributed by atoms with Crippen LogP contribution in [-0.2, 0) is 23.9 Å². The number of hydrogen-bond donors (Lipinski definition) is 2. The first-order chi connectivity index (χ1) is 15.4. The first-order valence-corrected chi connectivity index (χ1v) is 11.8. The second-order valence-corrected chi connectivity index (χ2v) is 8.89. The van der Waals surface area contributed by atoms with E-state index in [9.17, 15) is 19.2 Å². The number of amides is 3. The second-order valence-electron chi connectivity index (χ2n) is 7.78. The van der Waals surface area contributed by atoms with Crippen molar-refractivity contribution in [1.29, 1.82) is 0 Å². The van der Waals surface area contributed by atoms with Crippen LogP contribution in [0.15, 0.2) is 42.5 Å². The molecule has 4 atom stereocenters. The molecule has 3 amide bonds. The summed E-state index contributed by atoms with van der Waals surface area (Å²) in [7, 11) is 0. The van der Waals surface area contributed by atoms with Gasteiger partial charge in [0.25, 0.3) is 0 Å². The summed E-state index contributed by atoms with van der Waals surface area (Å²) in [5.41, 5.74) is 0.962. The quantitative estimate of drug-likeness (QED) is 0.454. The number of thioether (sulfide) groups is 1. The molecule has 0 saturated carbocycles. The van der Waals surface area contributed by atoms with Gasteiger partial charge in [-0.1, -0.05) is 36.4 Å². The summed E-state index contributed by atoms with van der Waals surface area (Å²) in [5.74, 6) is -0.830. The average molecular weight is 460 g/mol. The molecule has 0 spiro atoms. The summed E-state index contributed by atoms with van der Waals surface area (Å²) in [5, 5.41) is 5.49. The summed E-state index contributed by atoms with van der Waals surface area (Å²) >= 11 is 1.54. The van der Waals surface area contributed by atoms with E-state index in [1.54, 1.807) is 29.7 Å². The maximum atomic E-state index is 13.2. The predicted molar refractivity (Wildman–Crippen MR) is 121 cm³/mol. The Bertz CT molecular complexity index is 876. The highest BCUT2D eigenvalue weighted by Crippen LogP contribution is 2.41. The van der Waals surface area contributed by atoms with E-state index < -0.39 is 18.1 Å². The molecule has 3 rings (SSSR count). The zero-order valence-corrected chi connectivity index (χ0v) is 19.1. The van der Waals surface area contributed by atoms with Crippen LogP contribution in [0.4, 0.5) is 0 Å². The summed E-state index contributed by atoms with van der Waals surface area (Å²) in [6.45, 7) is 4.02. The van der Waals surface area contributed by atoms with Crippen molar-refractivity contribution in [2.24, 2.45) is 5.92 Å². The number of carbonyl (C=O) groups excluding carboxylic acids is 4. The minimum atomic E-state index is -0.640. The fourth-order valence-electron chi connectivity index (χ4n) is 3.99. The van der Waals surface area contributed by atoms with Gasteiger partial charge in [-0.2, -0.15) is 0 Å². The molecule has 172 valence electrons. The average Bonchev–Trinajstić information content (AvgIpc) is 3.39. The second kappa shape index (κ2) is 11.2. The Labute approximate surface area is 192 Å². The van der Waals surface area contributed by atoms with Crippen molar-refractivity contribution in [3.8, 4) is 0 Å². The molecule has 2 fully saturated rings. The van der Waals surface area contributed by atoms with E-state index in [0.717, 1.165) is 5.56 Å². The molecule has 4 unspecified atom stereocenters. The summed E-state index contributed by atoms with van der Waals surface area (Å²) in [4.78, 5) is 51.1. The van der Waals surface area contributed by atoms with Crippen LogP contribution < -0.4 is 10.6 Å². The highest BCUT2D eigenvalue weighted by molar-refractivity contribution is 7.99. The van der Waals surface area contributed by atoms with Crippen molar-refractivity contribution in [2.75, 3.05) is 18.9 Å². The van der Waals surface area contributed by atoms with Gasteiger partial charge in [-0.05, 0) is 25.3 Å². The van der Waals surface area contributed by atoms with E-state index in [2.05, 4.69) is 10.6 Å². The minimum Gasteiger partial charge on any atom is -0.463 e. The maximum absolute atomic E-state index is 13.2. The van der Waals surface area contributed by atoms with Gasteiger partial charge in [0.2, 0.25) is 17.7 Å². The zero-order valence-electron chi connectivity index (χ0n) is 18.3. The number of esters is 1. The molecule has 0 bridgehead atoms. The first kappa shape index (κ1) is 23.8. The SMILES string of the molecule is CCOC(=O)/C=C/C(CC1CCNC1=O)NC(=O)C1CSC(c2ccccc2)N1C(C)=O. The lowest BCUT2D eigenvalue weighted by Crippen LogP contribution is -2.50. The number of carbonyl (C=O) groups is 4. The Balaban J connectivity index is 1.74. The Hall–Kier alpha value is -2.81. The lowest BCUT2D eigenvalue weighted by atomic mass is 9.97. The molecule has 2 heterocycles. The standard InChI is InChI=1S/C23H29N3O5S/c1-3-31-20(28)10-9-18(13-17-11-12-24-21(17)29)25-22(30)19-14-32-23(26(19)15(2)27)16-7-5-4-6-8-16/h4-10,17-19,23H,3,11-14H2,1-2H3,(H,24,29)(H,25,30)/b10-9+. The molecule has 0 radical (unpaired) electrons. The van der Waals surface area contributed by atoms with Crippen LogP contribution in [0.1, 0.15) is 37.6 Å². The van der Waals surface area contributed by atoms with E-state index in [0.29, 0.717) is 25.1 Å². The van der Waals surface area contributed by atoms with Gasteiger partial charge in [0.05, 0.1) is 6.61 Å². The molecule has 2 saturated heterocycles. The van der Waals surface area contributed by atoms with Crippen LogP contribution in [0, 0.1) is 5.92 Å². The molecule has 0 aliphatic carbocycles. The highest BCUT2D eigenvalue weighted by atomic mass is 32.2. The van der Waals surface area contributed by atoms with Crippen LogP contribution in [0.2, 0.25) is 0 Å². The van der Waals surface area contributed by atoms with Crippen molar-refractivity contribution < 1.29 is 23.9 Å². The van der Waals surface area contributed by atoms with Gasteiger partial charge < -0.3 is 20.3 Å². The lowest BCUT2D eigenvalue weighted by Gasteiger charge is -2.29. The van der Waals surface area contributed by atoms with Gasteiger partial charge in [0.15, 0.2) is 0 Å². The number of nitrogens with zero attached hydrogens (tertiary/aromatic N) is 1. The Morgan fingerprint density at radius 2 is 2.06 bits per heavy atom. The van der Waals surface area contributed by atoms with Gasteiger partial charge in [0, 0.05) is 37.3 Å². The first-order valence-electron chi connectivity index (χ1n) is 10.8. The van der Waals surface area contributed by atoms with Crippen molar-refractivity contribution in [3.63, 3.8) is 0 Å². The third-order valence-electron chi connectivity index (χ3n) is 5.53. The third kappa shape index (κ3) is 5.91.